The van der Waals surface area contributed by atoms with Crippen LogP contribution in [0.15, 0.2) is 59.9 Å². The lowest BCUT2D eigenvalue weighted by atomic mass is 9.89. The number of pyridine rings is 1. The van der Waals surface area contributed by atoms with Crippen LogP contribution in [-0.4, -0.2) is 26.2 Å². The Morgan fingerprint density at radius 3 is 2.81 bits per heavy atom. The summed E-state index contributed by atoms with van der Waals surface area (Å²) in [6.07, 6.45) is 17.5. The average Bonchev–Trinajstić information content (AvgIpc) is 3.51. The number of anilines is 1. The molecule has 1 aliphatic heterocycles. The molecule has 0 bridgehead atoms. The summed E-state index contributed by atoms with van der Waals surface area (Å²) in [6, 6.07) is 9.23. The molecule has 1 fully saturated rings. The Hall–Kier alpha value is -4.00. The van der Waals surface area contributed by atoms with Gasteiger partial charge in [-0.15, -0.1) is 0 Å². The van der Waals surface area contributed by atoms with Crippen LogP contribution in [0.4, 0.5) is 5.69 Å². The molecule has 1 aliphatic carbocycles. The van der Waals surface area contributed by atoms with E-state index in [0.717, 1.165) is 35.3 Å². The fraction of sp³-hybridized carbons (Fsp3) is 0.310. The number of fused-ring (bicyclic) bond motifs is 1. The van der Waals surface area contributed by atoms with Gasteiger partial charge in [0.25, 0.3) is 11.5 Å². The van der Waals surface area contributed by atoms with E-state index >= 15 is 0 Å². The van der Waals surface area contributed by atoms with Gasteiger partial charge in [-0.2, -0.15) is 0 Å². The number of ketones is 1. The highest BCUT2D eigenvalue weighted by atomic mass is 16.2. The molecule has 0 saturated heterocycles. The zero-order valence-corrected chi connectivity index (χ0v) is 20.2. The van der Waals surface area contributed by atoms with Gasteiger partial charge in [-0.25, -0.2) is 4.98 Å². The van der Waals surface area contributed by atoms with Crippen molar-refractivity contribution < 1.29 is 9.59 Å². The Morgan fingerprint density at radius 1 is 1.14 bits per heavy atom. The van der Waals surface area contributed by atoms with Crippen molar-refractivity contribution in [1.29, 1.82) is 0 Å². The number of aromatic amines is 1. The highest BCUT2D eigenvalue weighted by molar-refractivity contribution is 6.34. The van der Waals surface area contributed by atoms with Crippen LogP contribution in [0, 0.1) is 5.92 Å². The van der Waals surface area contributed by atoms with Crippen molar-refractivity contribution >= 4 is 35.1 Å². The third kappa shape index (κ3) is 5.30. The molecule has 1 saturated carbocycles. The summed E-state index contributed by atoms with van der Waals surface area (Å²) in [7, 11) is 0. The van der Waals surface area contributed by atoms with Crippen LogP contribution >= 0.6 is 0 Å². The summed E-state index contributed by atoms with van der Waals surface area (Å²) in [4.78, 5) is 45.0. The molecule has 0 radical (unpaired) electrons. The summed E-state index contributed by atoms with van der Waals surface area (Å²) in [5.41, 5.74) is 3.98. The Balaban J connectivity index is 1.20. The molecule has 2 aromatic heterocycles. The average molecular weight is 483 g/mol. The van der Waals surface area contributed by atoms with Crippen molar-refractivity contribution in [2.24, 2.45) is 5.92 Å². The Kier molecular flexibility index (Phi) is 7.07. The number of imidazole rings is 1. The molecule has 0 atom stereocenters. The lowest BCUT2D eigenvalue weighted by molar-refractivity contribution is -0.110. The molecule has 5 rings (SSSR count). The van der Waals surface area contributed by atoms with Crippen molar-refractivity contribution in [1.82, 2.24) is 14.5 Å². The van der Waals surface area contributed by atoms with E-state index in [1.165, 1.54) is 19.3 Å². The summed E-state index contributed by atoms with van der Waals surface area (Å²) >= 11 is 0. The van der Waals surface area contributed by atoms with Gasteiger partial charge in [0.1, 0.15) is 0 Å². The molecule has 2 N–H and O–H groups in total. The fourth-order valence-corrected chi connectivity index (χ4v) is 5.07. The molecule has 1 amide bonds. The molecular weight excluding hydrogens is 452 g/mol. The number of hydrogen-bond donors (Lipinski definition) is 2. The minimum Gasteiger partial charge on any atom is -0.345 e. The zero-order chi connectivity index (χ0) is 24.9. The maximum Gasteiger partial charge on any atom is 0.261 e. The van der Waals surface area contributed by atoms with Crippen LogP contribution < -0.4 is 10.9 Å². The number of Topliss-reactive ketones (excluding diaryl/α,β-unsaturated/α-hetero) is 1. The number of carbonyl (C=O) groups excluding carboxylic acids is 2. The molecular formula is C29H30N4O3. The molecule has 0 unspecified atom stereocenters. The second-order valence-electron chi connectivity index (χ2n) is 9.57. The first-order chi connectivity index (χ1) is 17.6. The predicted octanol–water partition coefficient (Wildman–Crippen LogP) is 5.32. The number of benzene rings is 1. The van der Waals surface area contributed by atoms with Gasteiger partial charge < -0.3 is 14.9 Å². The van der Waals surface area contributed by atoms with Gasteiger partial charge in [-0.05, 0) is 55.0 Å². The van der Waals surface area contributed by atoms with Crippen LogP contribution in [0.3, 0.4) is 0 Å². The first kappa shape index (κ1) is 23.7. The number of aromatic nitrogens is 3. The van der Waals surface area contributed by atoms with Crippen LogP contribution in [0.2, 0.25) is 0 Å². The molecule has 184 valence electrons. The summed E-state index contributed by atoms with van der Waals surface area (Å²) in [6.45, 7) is 0.702. The van der Waals surface area contributed by atoms with E-state index in [1.807, 2.05) is 30.4 Å². The van der Waals surface area contributed by atoms with Crippen molar-refractivity contribution in [3.8, 4) is 0 Å². The summed E-state index contributed by atoms with van der Waals surface area (Å²) in [5.74, 6) is 0.250. The second-order valence-corrected chi connectivity index (χ2v) is 9.57. The molecule has 0 spiro atoms. The van der Waals surface area contributed by atoms with Gasteiger partial charge in [0.2, 0.25) is 0 Å². The van der Waals surface area contributed by atoms with Gasteiger partial charge in [0.15, 0.2) is 5.78 Å². The first-order valence-corrected chi connectivity index (χ1v) is 12.6. The van der Waals surface area contributed by atoms with Crippen molar-refractivity contribution in [3.05, 3.63) is 87.9 Å². The third-order valence-electron chi connectivity index (χ3n) is 6.99. The summed E-state index contributed by atoms with van der Waals surface area (Å²) in [5, 5.41) is 2.90. The Labute approximate surface area is 210 Å². The van der Waals surface area contributed by atoms with Crippen LogP contribution in [0.25, 0.3) is 17.7 Å². The van der Waals surface area contributed by atoms with E-state index in [2.05, 4.69) is 15.3 Å². The number of nitrogens with zero attached hydrogens (tertiary/aromatic N) is 2. The van der Waals surface area contributed by atoms with E-state index < -0.39 is 0 Å². The highest BCUT2D eigenvalue weighted by Crippen LogP contribution is 2.34. The van der Waals surface area contributed by atoms with E-state index in [9.17, 15) is 14.4 Å². The number of hydrogen-bond acceptors (Lipinski definition) is 4. The van der Waals surface area contributed by atoms with Gasteiger partial charge >= 0.3 is 0 Å². The third-order valence-corrected chi connectivity index (χ3v) is 6.99. The van der Waals surface area contributed by atoms with Gasteiger partial charge in [0, 0.05) is 30.4 Å². The Morgan fingerprint density at radius 2 is 2.00 bits per heavy atom. The lowest BCUT2D eigenvalue weighted by Gasteiger charge is -2.22. The number of H-pyrrole nitrogens is 1. The molecule has 2 aliphatic rings. The number of rotatable bonds is 8. The minimum atomic E-state index is -0.176. The van der Waals surface area contributed by atoms with Crippen molar-refractivity contribution in [2.45, 2.75) is 51.5 Å². The monoisotopic (exact) mass is 482 g/mol. The van der Waals surface area contributed by atoms with Gasteiger partial charge in [0.05, 0.1) is 29.4 Å². The van der Waals surface area contributed by atoms with Gasteiger partial charge in [-0.3, -0.25) is 14.4 Å². The van der Waals surface area contributed by atoms with Crippen molar-refractivity contribution in [3.63, 3.8) is 0 Å². The maximum absolute atomic E-state index is 12.9. The van der Waals surface area contributed by atoms with E-state index in [1.54, 1.807) is 41.5 Å². The molecule has 7 nitrogen and oxygen atoms in total. The summed E-state index contributed by atoms with van der Waals surface area (Å²) < 4.78 is 1.72. The normalized spacial score (nSPS) is 17.0. The molecule has 7 heteroatoms. The SMILES string of the molecule is O=C1Nc2cc(/C=C/CCC(=O)c3cccn(CC4CCCCC4)c3=O)ccc2/C1=C/c1cnc[nH]1. The quantitative estimate of drug-likeness (QED) is 0.335. The van der Waals surface area contributed by atoms with E-state index in [-0.39, 0.29) is 29.2 Å². The molecule has 3 heterocycles. The van der Waals surface area contributed by atoms with Crippen LogP contribution in [-0.2, 0) is 11.3 Å². The minimum absolute atomic E-state index is 0.127. The van der Waals surface area contributed by atoms with Crippen LogP contribution in [0.1, 0.15) is 72.1 Å². The molecule has 36 heavy (non-hydrogen) atoms. The number of nitrogens with one attached hydrogen (secondary N) is 2. The topological polar surface area (TPSA) is 96.8 Å². The number of allylic oxidation sites excluding steroid dienone is 1. The van der Waals surface area contributed by atoms with Crippen molar-refractivity contribution in [2.75, 3.05) is 5.32 Å². The number of carbonyl (C=O) groups is 2. The zero-order valence-electron chi connectivity index (χ0n) is 20.2. The van der Waals surface area contributed by atoms with E-state index in [0.29, 0.717) is 24.5 Å². The highest BCUT2D eigenvalue weighted by Gasteiger charge is 2.24. The largest absolute Gasteiger partial charge is 0.345 e. The van der Waals surface area contributed by atoms with Gasteiger partial charge in [-0.1, -0.05) is 43.5 Å². The standard InChI is InChI=1S/C29H30N4O3/c34-27(24-10-6-14-33(29(24)36)18-21-8-2-1-3-9-21)11-5-4-7-20-12-13-23-25(16-22-17-30-19-31-22)28(35)32-26(23)15-20/h4,6-7,10,12-17,19,21H,1-3,5,8-9,11,18H2,(H,30,31)(H,32,35)/b7-4+,25-16-. The second kappa shape index (κ2) is 10.7. The predicted molar refractivity (Wildman–Crippen MR) is 141 cm³/mol. The Bertz CT molecular complexity index is 1380. The fourth-order valence-electron chi connectivity index (χ4n) is 5.07. The molecule has 3 aromatic rings. The van der Waals surface area contributed by atoms with E-state index in [4.69, 9.17) is 0 Å². The smallest absolute Gasteiger partial charge is 0.261 e. The number of amides is 1. The maximum atomic E-state index is 12.9. The first-order valence-electron chi connectivity index (χ1n) is 12.6. The van der Waals surface area contributed by atoms with Crippen LogP contribution in [0.5, 0.6) is 0 Å². The molecule has 1 aromatic carbocycles. The lowest BCUT2D eigenvalue weighted by Crippen LogP contribution is -2.28.